The number of aromatic nitrogens is 3. The van der Waals surface area contributed by atoms with E-state index in [1.807, 2.05) is 12.1 Å². The lowest BCUT2D eigenvalue weighted by molar-refractivity contribution is 1.16. The van der Waals surface area contributed by atoms with E-state index in [1.165, 1.54) is 0 Å². The van der Waals surface area contributed by atoms with Gasteiger partial charge in [-0.05, 0) is 18.2 Å². The van der Waals surface area contributed by atoms with E-state index in [0.29, 0.717) is 10.6 Å². The van der Waals surface area contributed by atoms with Crippen LogP contribution in [0.1, 0.15) is 0 Å². The predicted octanol–water partition coefficient (Wildman–Crippen LogP) is 2.28. The van der Waals surface area contributed by atoms with E-state index in [4.69, 9.17) is 12.2 Å². The molecular formula is C9H8N4S. The molecule has 2 rings (SSSR count). The van der Waals surface area contributed by atoms with E-state index < -0.39 is 0 Å². The number of pyridine rings is 1. The summed E-state index contributed by atoms with van der Waals surface area (Å²) in [5.41, 5.74) is 0.800. The lowest BCUT2D eigenvalue weighted by atomic mass is 10.4. The van der Waals surface area contributed by atoms with Crippen LogP contribution in [0.2, 0.25) is 0 Å². The summed E-state index contributed by atoms with van der Waals surface area (Å²) in [7, 11) is 0. The van der Waals surface area contributed by atoms with E-state index in [9.17, 15) is 0 Å². The molecule has 2 aromatic heterocycles. The van der Waals surface area contributed by atoms with Crippen molar-refractivity contribution >= 4 is 23.9 Å². The molecule has 0 unspecified atom stereocenters. The van der Waals surface area contributed by atoms with Crippen LogP contribution in [0.3, 0.4) is 0 Å². The first-order chi connectivity index (χ1) is 6.86. The van der Waals surface area contributed by atoms with Gasteiger partial charge in [0.25, 0.3) is 0 Å². The number of nitrogens with one attached hydrogen (secondary N) is 2. The van der Waals surface area contributed by atoms with E-state index in [0.717, 1.165) is 5.69 Å². The van der Waals surface area contributed by atoms with Gasteiger partial charge in [-0.3, -0.25) is 0 Å². The van der Waals surface area contributed by atoms with Crippen molar-refractivity contribution in [3.8, 4) is 0 Å². The maximum atomic E-state index is 5.08. The number of hydrogen-bond donors (Lipinski definition) is 2. The van der Waals surface area contributed by atoms with Gasteiger partial charge in [0.1, 0.15) is 4.64 Å². The van der Waals surface area contributed by atoms with Crippen molar-refractivity contribution in [2.45, 2.75) is 0 Å². The highest BCUT2D eigenvalue weighted by Crippen LogP contribution is 2.11. The highest BCUT2D eigenvalue weighted by molar-refractivity contribution is 7.71. The topological polar surface area (TPSA) is 53.6 Å². The Kier molecular flexibility index (Phi) is 2.51. The Bertz CT molecular complexity index is 465. The van der Waals surface area contributed by atoms with E-state index in [2.05, 4.69) is 20.3 Å². The average Bonchev–Trinajstić information content (AvgIpc) is 2.23. The molecule has 0 saturated heterocycles. The minimum Gasteiger partial charge on any atom is -0.351 e. The third-order valence-electron chi connectivity index (χ3n) is 1.63. The molecular weight excluding hydrogens is 196 g/mol. The third-order valence-corrected chi connectivity index (χ3v) is 1.97. The van der Waals surface area contributed by atoms with Gasteiger partial charge in [-0.2, -0.15) is 0 Å². The van der Waals surface area contributed by atoms with Crippen molar-refractivity contribution < 1.29 is 0 Å². The lowest BCUT2D eigenvalue weighted by Crippen LogP contribution is -1.96. The number of rotatable bonds is 2. The molecule has 0 atom stereocenters. The Balaban J connectivity index is 2.28. The van der Waals surface area contributed by atoms with Gasteiger partial charge in [0.15, 0.2) is 0 Å². The van der Waals surface area contributed by atoms with Crippen LogP contribution in [-0.4, -0.2) is 15.0 Å². The van der Waals surface area contributed by atoms with Crippen LogP contribution in [0.25, 0.3) is 0 Å². The molecule has 0 radical (unpaired) electrons. The number of H-pyrrole nitrogens is 1. The molecule has 14 heavy (non-hydrogen) atoms. The fourth-order valence-electron chi connectivity index (χ4n) is 1.00. The first-order valence-electron chi connectivity index (χ1n) is 4.08. The molecule has 0 amide bonds. The zero-order valence-electron chi connectivity index (χ0n) is 7.27. The fourth-order valence-corrected chi connectivity index (χ4v) is 1.19. The molecule has 0 bridgehead atoms. The van der Waals surface area contributed by atoms with Crippen molar-refractivity contribution in [1.29, 1.82) is 0 Å². The first-order valence-corrected chi connectivity index (χ1v) is 4.49. The molecule has 2 N–H and O–H groups in total. The van der Waals surface area contributed by atoms with Crippen LogP contribution in [-0.2, 0) is 0 Å². The number of nitrogens with zero attached hydrogens (tertiary/aromatic N) is 2. The Labute approximate surface area is 86.1 Å². The highest BCUT2D eigenvalue weighted by Gasteiger charge is 1.96. The van der Waals surface area contributed by atoms with Gasteiger partial charge >= 0.3 is 0 Å². The van der Waals surface area contributed by atoms with E-state index in [-0.39, 0.29) is 0 Å². The molecule has 0 aliphatic carbocycles. The van der Waals surface area contributed by atoms with Crippen LogP contribution in [0.15, 0.2) is 36.8 Å². The molecule has 2 heterocycles. The Morgan fingerprint density at radius 1 is 1.21 bits per heavy atom. The van der Waals surface area contributed by atoms with E-state index >= 15 is 0 Å². The Hall–Kier alpha value is -1.75. The number of hydrogen-bond acceptors (Lipinski definition) is 4. The second kappa shape index (κ2) is 3.97. The first kappa shape index (κ1) is 8.83. The quantitative estimate of drug-likeness (QED) is 0.737. The van der Waals surface area contributed by atoms with Crippen molar-refractivity contribution in [2.24, 2.45) is 0 Å². The zero-order chi connectivity index (χ0) is 9.80. The second-order valence-electron chi connectivity index (χ2n) is 2.61. The molecule has 0 saturated carbocycles. The SMILES string of the molecule is S=c1[nH]cccc1Nc1ncccn1. The Morgan fingerprint density at radius 2 is 2.00 bits per heavy atom. The minimum atomic E-state index is 0.540. The summed E-state index contributed by atoms with van der Waals surface area (Å²) in [6, 6.07) is 5.49. The molecule has 5 heteroatoms. The molecule has 70 valence electrons. The maximum Gasteiger partial charge on any atom is 0.227 e. The second-order valence-corrected chi connectivity index (χ2v) is 3.02. The monoisotopic (exact) mass is 204 g/mol. The average molecular weight is 204 g/mol. The fraction of sp³-hybridized carbons (Fsp3) is 0. The Morgan fingerprint density at radius 3 is 2.71 bits per heavy atom. The molecule has 4 nitrogen and oxygen atoms in total. The largest absolute Gasteiger partial charge is 0.351 e. The summed E-state index contributed by atoms with van der Waals surface area (Å²) >= 11 is 5.08. The standard InChI is InChI=1S/C9H8N4S/c14-8-7(3-1-4-10-8)13-9-11-5-2-6-12-9/h1-6H,(H,10,14)(H,11,12,13). The summed E-state index contributed by atoms with van der Waals surface area (Å²) in [6.07, 6.45) is 5.12. The zero-order valence-corrected chi connectivity index (χ0v) is 8.08. The van der Waals surface area contributed by atoms with Gasteiger partial charge in [0.05, 0.1) is 5.69 Å². The van der Waals surface area contributed by atoms with Crippen LogP contribution in [0, 0.1) is 4.64 Å². The molecule has 0 aromatic carbocycles. The van der Waals surface area contributed by atoms with Crippen LogP contribution in [0.5, 0.6) is 0 Å². The number of anilines is 2. The smallest absolute Gasteiger partial charge is 0.227 e. The molecule has 0 aliphatic heterocycles. The van der Waals surface area contributed by atoms with Gasteiger partial charge in [0, 0.05) is 18.6 Å². The van der Waals surface area contributed by atoms with Crippen LogP contribution >= 0.6 is 12.2 Å². The van der Waals surface area contributed by atoms with Gasteiger partial charge in [-0.1, -0.05) is 12.2 Å². The lowest BCUT2D eigenvalue weighted by Gasteiger charge is -2.02. The summed E-state index contributed by atoms with van der Waals surface area (Å²) in [5, 5.41) is 3.01. The van der Waals surface area contributed by atoms with Crippen molar-refractivity contribution in [3.63, 3.8) is 0 Å². The summed E-state index contributed by atoms with van der Waals surface area (Å²) in [6.45, 7) is 0. The molecule has 0 fully saturated rings. The normalized spacial score (nSPS) is 9.71. The van der Waals surface area contributed by atoms with E-state index in [1.54, 1.807) is 24.7 Å². The highest BCUT2D eigenvalue weighted by atomic mass is 32.1. The molecule has 2 aromatic rings. The predicted molar refractivity (Wildman–Crippen MR) is 56.9 cm³/mol. The molecule has 0 aliphatic rings. The summed E-state index contributed by atoms with van der Waals surface area (Å²) < 4.78 is 0.639. The third kappa shape index (κ3) is 1.94. The van der Waals surface area contributed by atoms with Crippen LogP contribution in [0.4, 0.5) is 11.6 Å². The van der Waals surface area contributed by atoms with Gasteiger partial charge in [0.2, 0.25) is 5.95 Å². The summed E-state index contributed by atoms with van der Waals surface area (Å²) in [4.78, 5) is 11.0. The minimum absolute atomic E-state index is 0.540. The maximum absolute atomic E-state index is 5.08. The molecule has 0 spiro atoms. The van der Waals surface area contributed by atoms with Gasteiger partial charge in [-0.15, -0.1) is 0 Å². The van der Waals surface area contributed by atoms with Gasteiger partial charge < -0.3 is 10.3 Å². The number of aromatic amines is 1. The summed E-state index contributed by atoms with van der Waals surface area (Å²) in [5.74, 6) is 0.540. The van der Waals surface area contributed by atoms with Crippen LogP contribution < -0.4 is 5.32 Å². The van der Waals surface area contributed by atoms with Crippen molar-refractivity contribution in [3.05, 3.63) is 41.4 Å². The van der Waals surface area contributed by atoms with Crippen molar-refractivity contribution in [1.82, 2.24) is 15.0 Å². The van der Waals surface area contributed by atoms with Gasteiger partial charge in [-0.25, -0.2) is 9.97 Å². The van der Waals surface area contributed by atoms with Crippen molar-refractivity contribution in [2.75, 3.05) is 5.32 Å².